The standard InChI is InChI=1S/C12H20N6/c1-4-7-13-12-16-10-9(14-8-15-10)11(17-12)18(5-2)6-3/h8H,4-7H2,1-3H3,(H2,13,14,15,16,17). The molecule has 0 aliphatic heterocycles. The molecule has 0 amide bonds. The summed E-state index contributed by atoms with van der Waals surface area (Å²) in [6.45, 7) is 9.04. The third kappa shape index (κ3) is 2.37. The topological polar surface area (TPSA) is 69.7 Å². The van der Waals surface area contributed by atoms with Gasteiger partial charge in [0.2, 0.25) is 5.95 Å². The van der Waals surface area contributed by atoms with Crippen LogP contribution in [0, 0.1) is 0 Å². The van der Waals surface area contributed by atoms with Crippen molar-refractivity contribution in [3.63, 3.8) is 0 Å². The Bertz CT molecular complexity index is 502. The second-order valence-corrected chi connectivity index (χ2v) is 4.07. The van der Waals surface area contributed by atoms with Crippen LogP contribution in [0.4, 0.5) is 11.8 Å². The van der Waals surface area contributed by atoms with Gasteiger partial charge in [-0.15, -0.1) is 0 Å². The van der Waals surface area contributed by atoms with Gasteiger partial charge in [-0.2, -0.15) is 9.97 Å². The Morgan fingerprint density at radius 1 is 1.22 bits per heavy atom. The molecule has 2 heterocycles. The molecule has 0 bridgehead atoms. The van der Waals surface area contributed by atoms with Crippen LogP contribution in [0.3, 0.4) is 0 Å². The first-order valence-corrected chi connectivity index (χ1v) is 6.50. The monoisotopic (exact) mass is 248 g/mol. The first-order chi connectivity index (χ1) is 8.80. The van der Waals surface area contributed by atoms with E-state index in [4.69, 9.17) is 0 Å². The zero-order valence-electron chi connectivity index (χ0n) is 11.2. The van der Waals surface area contributed by atoms with Crippen molar-refractivity contribution in [1.29, 1.82) is 0 Å². The summed E-state index contributed by atoms with van der Waals surface area (Å²) < 4.78 is 0. The molecule has 0 spiro atoms. The maximum atomic E-state index is 4.59. The van der Waals surface area contributed by atoms with E-state index in [2.05, 4.69) is 50.9 Å². The fourth-order valence-electron chi connectivity index (χ4n) is 1.89. The average Bonchev–Trinajstić information content (AvgIpc) is 2.86. The fourth-order valence-corrected chi connectivity index (χ4v) is 1.89. The maximum Gasteiger partial charge on any atom is 0.226 e. The lowest BCUT2D eigenvalue weighted by Gasteiger charge is -2.20. The minimum Gasteiger partial charge on any atom is -0.355 e. The Kier molecular flexibility index (Phi) is 3.96. The van der Waals surface area contributed by atoms with Crippen molar-refractivity contribution in [3.8, 4) is 0 Å². The Morgan fingerprint density at radius 3 is 2.67 bits per heavy atom. The molecule has 2 aromatic heterocycles. The molecule has 6 heteroatoms. The summed E-state index contributed by atoms with van der Waals surface area (Å²) >= 11 is 0. The van der Waals surface area contributed by atoms with E-state index in [1.807, 2.05) is 0 Å². The number of fused-ring (bicyclic) bond motifs is 1. The molecule has 0 atom stereocenters. The van der Waals surface area contributed by atoms with E-state index in [1.54, 1.807) is 6.33 Å². The van der Waals surface area contributed by atoms with E-state index in [0.29, 0.717) is 11.6 Å². The summed E-state index contributed by atoms with van der Waals surface area (Å²) in [4.78, 5) is 18.5. The van der Waals surface area contributed by atoms with Crippen LogP contribution in [0.5, 0.6) is 0 Å². The van der Waals surface area contributed by atoms with Crippen molar-refractivity contribution >= 4 is 22.9 Å². The second-order valence-electron chi connectivity index (χ2n) is 4.07. The van der Waals surface area contributed by atoms with Gasteiger partial charge in [0.25, 0.3) is 0 Å². The van der Waals surface area contributed by atoms with Crippen LogP contribution >= 0.6 is 0 Å². The molecular formula is C12H20N6. The van der Waals surface area contributed by atoms with E-state index < -0.39 is 0 Å². The predicted molar refractivity (Wildman–Crippen MR) is 74.0 cm³/mol. The van der Waals surface area contributed by atoms with Crippen molar-refractivity contribution in [2.45, 2.75) is 27.2 Å². The van der Waals surface area contributed by atoms with Crippen LogP contribution in [0.2, 0.25) is 0 Å². The van der Waals surface area contributed by atoms with Crippen LogP contribution in [0.15, 0.2) is 6.33 Å². The van der Waals surface area contributed by atoms with E-state index in [-0.39, 0.29) is 0 Å². The first-order valence-electron chi connectivity index (χ1n) is 6.50. The van der Waals surface area contributed by atoms with Gasteiger partial charge < -0.3 is 15.2 Å². The molecule has 98 valence electrons. The number of hydrogen-bond acceptors (Lipinski definition) is 5. The molecule has 0 radical (unpaired) electrons. The lowest BCUT2D eigenvalue weighted by Crippen LogP contribution is -2.24. The van der Waals surface area contributed by atoms with E-state index in [9.17, 15) is 0 Å². The van der Waals surface area contributed by atoms with Crippen LogP contribution in [0.25, 0.3) is 11.2 Å². The minimum absolute atomic E-state index is 0.651. The van der Waals surface area contributed by atoms with Gasteiger partial charge in [-0.05, 0) is 20.3 Å². The number of aromatic nitrogens is 4. The van der Waals surface area contributed by atoms with Gasteiger partial charge in [0.1, 0.15) is 5.52 Å². The van der Waals surface area contributed by atoms with Crippen LogP contribution in [-0.4, -0.2) is 39.6 Å². The molecule has 18 heavy (non-hydrogen) atoms. The first kappa shape index (κ1) is 12.6. The quantitative estimate of drug-likeness (QED) is 0.818. The smallest absolute Gasteiger partial charge is 0.226 e. The number of nitrogens with zero attached hydrogens (tertiary/aromatic N) is 4. The average molecular weight is 248 g/mol. The molecule has 0 unspecified atom stereocenters. The van der Waals surface area contributed by atoms with Gasteiger partial charge in [0, 0.05) is 19.6 Å². The van der Waals surface area contributed by atoms with Gasteiger partial charge in [-0.3, -0.25) is 0 Å². The lowest BCUT2D eigenvalue weighted by molar-refractivity contribution is 0.845. The van der Waals surface area contributed by atoms with Crippen molar-refractivity contribution in [1.82, 2.24) is 19.9 Å². The van der Waals surface area contributed by atoms with Crippen molar-refractivity contribution in [3.05, 3.63) is 6.33 Å². The molecule has 2 aromatic rings. The van der Waals surface area contributed by atoms with Crippen molar-refractivity contribution < 1.29 is 0 Å². The van der Waals surface area contributed by atoms with Crippen LogP contribution in [-0.2, 0) is 0 Å². The van der Waals surface area contributed by atoms with Gasteiger partial charge in [0.15, 0.2) is 11.5 Å². The number of H-pyrrole nitrogens is 1. The highest BCUT2D eigenvalue weighted by molar-refractivity contribution is 5.84. The number of nitrogens with one attached hydrogen (secondary N) is 2. The third-order valence-corrected chi connectivity index (χ3v) is 2.86. The van der Waals surface area contributed by atoms with Crippen molar-refractivity contribution in [2.24, 2.45) is 0 Å². The van der Waals surface area contributed by atoms with E-state index in [0.717, 1.165) is 37.4 Å². The molecular weight excluding hydrogens is 228 g/mol. The highest BCUT2D eigenvalue weighted by Gasteiger charge is 2.13. The van der Waals surface area contributed by atoms with E-state index >= 15 is 0 Å². The van der Waals surface area contributed by atoms with Gasteiger partial charge in [-0.1, -0.05) is 6.92 Å². The highest BCUT2D eigenvalue weighted by Crippen LogP contribution is 2.22. The molecule has 0 fully saturated rings. The SMILES string of the molecule is CCCNc1nc(N(CC)CC)c2[nH]cnc2n1. The zero-order valence-corrected chi connectivity index (χ0v) is 11.2. The third-order valence-electron chi connectivity index (χ3n) is 2.86. The Balaban J connectivity index is 2.44. The normalized spacial score (nSPS) is 10.8. The molecule has 2 N–H and O–H groups in total. The molecule has 2 rings (SSSR count). The van der Waals surface area contributed by atoms with Gasteiger partial charge >= 0.3 is 0 Å². The molecule has 0 aromatic carbocycles. The lowest BCUT2D eigenvalue weighted by atomic mass is 10.4. The van der Waals surface area contributed by atoms with Crippen LogP contribution < -0.4 is 10.2 Å². The summed E-state index contributed by atoms with van der Waals surface area (Å²) in [5.74, 6) is 1.57. The largest absolute Gasteiger partial charge is 0.355 e. The van der Waals surface area contributed by atoms with E-state index in [1.165, 1.54) is 0 Å². The predicted octanol–water partition coefficient (Wildman–Crippen LogP) is 2.02. The number of imidazole rings is 1. The number of hydrogen-bond donors (Lipinski definition) is 2. The Hall–Kier alpha value is -1.85. The molecule has 0 saturated carbocycles. The van der Waals surface area contributed by atoms with Gasteiger partial charge in [0.05, 0.1) is 6.33 Å². The fraction of sp³-hybridized carbons (Fsp3) is 0.583. The molecule has 6 nitrogen and oxygen atoms in total. The van der Waals surface area contributed by atoms with Crippen LogP contribution in [0.1, 0.15) is 27.2 Å². The number of rotatable bonds is 6. The summed E-state index contributed by atoms with van der Waals surface area (Å²) in [5.41, 5.74) is 1.62. The maximum absolute atomic E-state index is 4.59. The summed E-state index contributed by atoms with van der Waals surface area (Å²) in [6.07, 6.45) is 2.71. The Morgan fingerprint density at radius 2 is 2.00 bits per heavy atom. The highest BCUT2D eigenvalue weighted by atomic mass is 15.2. The molecule has 0 aliphatic rings. The summed E-state index contributed by atoms with van der Waals surface area (Å²) in [6, 6.07) is 0. The van der Waals surface area contributed by atoms with Gasteiger partial charge in [-0.25, -0.2) is 4.98 Å². The Labute approximate surface area is 107 Å². The minimum atomic E-state index is 0.651. The summed E-state index contributed by atoms with van der Waals surface area (Å²) in [7, 11) is 0. The molecule has 0 saturated heterocycles. The summed E-state index contributed by atoms with van der Waals surface area (Å²) in [5, 5.41) is 3.22. The number of aromatic amines is 1. The molecule has 0 aliphatic carbocycles. The zero-order chi connectivity index (χ0) is 13.0. The van der Waals surface area contributed by atoms with Crippen molar-refractivity contribution in [2.75, 3.05) is 29.9 Å². The second kappa shape index (κ2) is 5.66. The number of anilines is 2.